The van der Waals surface area contributed by atoms with Crippen molar-refractivity contribution in [2.75, 3.05) is 5.32 Å². The predicted octanol–water partition coefficient (Wildman–Crippen LogP) is 3.54. The highest BCUT2D eigenvalue weighted by atomic mass is 19.1. The molecule has 0 aliphatic rings. The molecule has 0 bridgehead atoms. The van der Waals surface area contributed by atoms with Crippen molar-refractivity contribution in [3.63, 3.8) is 0 Å². The van der Waals surface area contributed by atoms with Gasteiger partial charge in [-0.25, -0.2) is 9.37 Å². The van der Waals surface area contributed by atoms with Crippen LogP contribution in [0.15, 0.2) is 48.9 Å². The number of halogens is 1. The van der Waals surface area contributed by atoms with E-state index in [9.17, 15) is 4.39 Å². The number of nitrogens with zero attached hydrogens (tertiary/aromatic N) is 5. The first kappa shape index (κ1) is 16.7. The Bertz CT molecular complexity index is 1120. The molecule has 27 heavy (non-hydrogen) atoms. The maximum Gasteiger partial charge on any atom is 0.132 e. The summed E-state index contributed by atoms with van der Waals surface area (Å²) >= 11 is 0. The van der Waals surface area contributed by atoms with Crippen LogP contribution in [0.25, 0.3) is 10.9 Å². The SMILES string of the molecule is N#CCCn1cc(Nc2cc3[nH]ncc3c(Cc3ccccc3F)n2)cn1. The molecule has 0 atom stereocenters. The molecule has 134 valence electrons. The van der Waals surface area contributed by atoms with Crippen molar-refractivity contribution in [2.24, 2.45) is 0 Å². The van der Waals surface area contributed by atoms with Crippen LogP contribution < -0.4 is 5.32 Å². The standard InChI is InChI=1S/C19H16FN7/c20-16-5-2-1-4-13(16)8-17-15-11-22-26-18(15)9-19(25-17)24-14-10-23-27(12-14)7-3-6-21/h1-2,4-5,9-12H,3,7-8H2,(H,22,26)(H,24,25). The number of nitrogens with one attached hydrogen (secondary N) is 2. The maximum atomic E-state index is 14.1. The van der Waals surface area contributed by atoms with E-state index in [4.69, 9.17) is 5.26 Å². The van der Waals surface area contributed by atoms with Crippen LogP contribution in [0.1, 0.15) is 17.7 Å². The summed E-state index contributed by atoms with van der Waals surface area (Å²) in [6, 6.07) is 10.6. The topological polar surface area (TPSA) is 95.2 Å². The van der Waals surface area contributed by atoms with Gasteiger partial charge in [0, 0.05) is 24.1 Å². The molecule has 0 aliphatic carbocycles. The Morgan fingerprint density at radius 1 is 1.26 bits per heavy atom. The zero-order valence-corrected chi connectivity index (χ0v) is 14.4. The zero-order valence-electron chi connectivity index (χ0n) is 14.4. The Hall–Kier alpha value is -3.73. The van der Waals surface area contributed by atoms with E-state index >= 15 is 0 Å². The summed E-state index contributed by atoms with van der Waals surface area (Å²) in [7, 11) is 0. The van der Waals surface area contributed by atoms with Crippen LogP contribution in [0.5, 0.6) is 0 Å². The quantitative estimate of drug-likeness (QED) is 0.548. The smallest absolute Gasteiger partial charge is 0.132 e. The number of aromatic amines is 1. The summed E-state index contributed by atoms with van der Waals surface area (Å²) < 4.78 is 15.7. The van der Waals surface area contributed by atoms with Crippen molar-refractivity contribution in [2.45, 2.75) is 19.4 Å². The molecule has 2 N–H and O–H groups in total. The van der Waals surface area contributed by atoms with Crippen LogP contribution >= 0.6 is 0 Å². The summed E-state index contributed by atoms with van der Waals surface area (Å²) in [4.78, 5) is 4.65. The molecule has 0 unspecified atom stereocenters. The summed E-state index contributed by atoms with van der Waals surface area (Å²) in [6.07, 6.45) is 5.94. The third kappa shape index (κ3) is 3.62. The van der Waals surface area contributed by atoms with Crippen LogP contribution in [0.4, 0.5) is 15.9 Å². The molecule has 0 amide bonds. The molecule has 4 aromatic rings. The number of aryl methyl sites for hydroxylation is 1. The highest BCUT2D eigenvalue weighted by Crippen LogP contribution is 2.24. The number of pyridine rings is 1. The van der Waals surface area contributed by atoms with Crippen molar-refractivity contribution < 1.29 is 4.39 Å². The minimum atomic E-state index is -0.256. The molecule has 0 aliphatic heterocycles. The minimum absolute atomic E-state index is 0.256. The van der Waals surface area contributed by atoms with Crippen molar-refractivity contribution in [3.8, 4) is 6.07 Å². The Kier molecular flexibility index (Phi) is 4.49. The second-order valence-corrected chi connectivity index (χ2v) is 6.08. The summed E-state index contributed by atoms with van der Waals surface area (Å²) in [5, 5.41) is 24.0. The second kappa shape index (κ2) is 7.25. The number of H-pyrrole nitrogens is 1. The molecule has 0 radical (unpaired) electrons. The average Bonchev–Trinajstić information content (AvgIpc) is 3.31. The number of anilines is 2. The first-order valence-corrected chi connectivity index (χ1v) is 8.46. The van der Waals surface area contributed by atoms with E-state index < -0.39 is 0 Å². The normalized spacial score (nSPS) is 10.8. The fraction of sp³-hybridized carbons (Fsp3) is 0.158. The maximum absolute atomic E-state index is 14.1. The molecule has 1 aromatic carbocycles. The third-order valence-corrected chi connectivity index (χ3v) is 4.19. The summed E-state index contributed by atoms with van der Waals surface area (Å²) in [5.74, 6) is 0.353. The number of aromatic nitrogens is 5. The van der Waals surface area contributed by atoms with Crippen molar-refractivity contribution in [1.82, 2.24) is 25.0 Å². The minimum Gasteiger partial charge on any atom is -0.338 e. The first-order valence-electron chi connectivity index (χ1n) is 8.46. The number of nitriles is 1. The van der Waals surface area contributed by atoms with Crippen molar-refractivity contribution >= 4 is 22.4 Å². The molecule has 4 rings (SSSR count). The lowest BCUT2D eigenvalue weighted by atomic mass is 10.1. The zero-order chi connectivity index (χ0) is 18.6. The largest absolute Gasteiger partial charge is 0.338 e. The molecule has 3 heterocycles. The fourth-order valence-corrected chi connectivity index (χ4v) is 2.89. The van der Waals surface area contributed by atoms with Crippen molar-refractivity contribution in [3.05, 3.63) is 66.0 Å². The predicted molar refractivity (Wildman–Crippen MR) is 98.8 cm³/mol. The van der Waals surface area contributed by atoms with Gasteiger partial charge in [-0.3, -0.25) is 9.78 Å². The number of fused-ring (bicyclic) bond motifs is 1. The van der Waals surface area contributed by atoms with Gasteiger partial charge in [0.15, 0.2) is 0 Å². The van der Waals surface area contributed by atoms with Crippen LogP contribution in [0, 0.1) is 17.1 Å². The Balaban J connectivity index is 1.63. The van der Waals surface area contributed by atoms with Gasteiger partial charge in [0.05, 0.1) is 48.3 Å². The molecule has 0 spiro atoms. The number of benzene rings is 1. The highest BCUT2D eigenvalue weighted by Gasteiger charge is 2.12. The van der Waals surface area contributed by atoms with Gasteiger partial charge in [-0.15, -0.1) is 0 Å². The lowest BCUT2D eigenvalue weighted by molar-refractivity contribution is 0.613. The van der Waals surface area contributed by atoms with E-state index in [2.05, 4.69) is 31.7 Å². The first-order chi connectivity index (χ1) is 13.2. The van der Waals surface area contributed by atoms with Gasteiger partial charge in [-0.05, 0) is 11.6 Å². The van der Waals surface area contributed by atoms with E-state index in [1.54, 1.807) is 29.2 Å². The van der Waals surface area contributed by atoms with Gasteiger partial charge in [0.1, 0.15) is 11.6 Å². The van der Waals surface area contributed by atoms with Crippen molar-refractivity contribution in [1.29, 1.82) is 5.26 Å². The molecular weight excluding hydrogens is 345 g/mol. The average molecular weight is 361 g/mol. The molecule has 3 aromatic heterocycles. The van der Waals surface area contributed by atoms with Gasteiger partial charge in [-0.2, -0.15) is 15.5 Å². The molecule has 8 heteroatoms. The van der Waals surface area contributed by atoms with Crippen LogP contribution in [0.2, 0.25) is 0 Å². The lowest BCUT2D eigenvalue weighted by Crippen LogP contribution is -2.00. The van der Waals surface area contributed by atoms with E-state index in [1.807, 2.05) is 18.3 Å². The summed E-state index contributed by atoms with van der Waals surface area (Å²) in [5.41, 5.74) is 2.88. The monoisotopic (exact) mass is 361 g/mol. The van der Waals surface area contributed by atoms with Crippen LogP contribution in [-0.4, -0.2) is 25.0 Å². The fourth-order valence-electron chi connectivity index (χ4n) is 2.89. The summed E-state index contributed by atoms with van der Waals surface area (Å²) in [6.45, 7) is 0.531. The Morgan fingerprint density at radius 2 is 2.15 bits per heavy atom. The molecule has 0 saturated heterocycles. The van der Waals surface area contributed by atoms with Gasteiger partial charge >= 0.3 is 0 Å². The highest BCUT2D eigenvalue weighted by molar-refractivity contribution is 5.83. The van der Waals surface area contributed by atoms with Crippen LogP contribution in [0.3, 0.4) is 0 Å². The van der Waals surface area contributed by atoms with E-state index in [1.165, 1.54) is 6.07 Å². The number of hydrogen-bond donors (Lipinski definition) is 2. The van der Waals surface area contributed by atoms with Gasteiger partial charge in [-0.1, -0.05) is 18.2 Å². The Labute approximate surface area is 154 Å². The third-order valence-electron chi connectivity index (χ3n) is 4.19. The van der Waals surface area contributed by atoms with E-state index in [0.717, 1.165) is 22.3 Å². The van der Waals surface area contributed by atoms with E-state index in [-0.39, 0.29) is 5.82 Å². The van der Waals surface area contributed by atoms with E-state index in [0.29, 0.717) is 30.8 Å². The molecular formula is C19H16FN7. The van der Waals surface area contributed by atoms with Gasteiger partial charge in [0.2, 0.25) is 0 Å². The number of hydrogen-bond acceptors (Lipinski definition) is 5. The van der Waals surface area contributed by atoms with Gasteiger partial charge < -0.3 is 5.32 Å². The van der Waals surface area contributed by atoms with Gasteiger partial charge in [0.25, 0.3) is 0 Å². The number of rotatable bonds is 6. The lowest BCUT2D eigenvalue weighted by Gasteiger charge is -2.08. The molecule has 7 nitrogen and oxygen atoms in total. The molecule has 0 saturated carbocycles. The van der Waals surface area contributed by atoms with Crippen LogP contribution in [-0.2, 0) is 13.0 Å². The second-order valence-electron chi connectivity index (χ2n) is 6.08. The molecule has 0 fully saturated rings. The Morgan fingerprint density at radius 3 is 3.00 bits per heavy atom.